The van der Waals surface area contributed by atoms with Crippen LogP contribution in [0.1, 0.15) is 36.6 Å². The fourth-order valence-electron chi connectivity index (χ4n) is 2.55. The van der Waals surface area contributed by atoms with Crippen LogP contribution >= 0.6 is 0 Å². The zero-order chi connectivity index (χ0) is 15.0. The molecule has 0 aliphatic rings. The van der Waals surface area contributed by atoms with Gasteiger partial charge in [0.2, 0.25) is 5.95 Å². The van der Waals surface area contributed by atoms with Crippen molar-refractivity contribution in [1.29, 1.82) is 0 Å². The number of hydrogen-bond acceptors (Lipinski definition) is 4. The van der Waals surface area contributed by atoms with Crippen molar-refractivity contribution in [3.05, 3.63) is 47.4 Å². The lowest BCUT2D eigenvalue weighted by atomic mass is 10.1. The van der Waals surface area contributed by atoms with Crippen molar-refractivity contribution in [3.63, 3.8) is 0 Å². The van der Waals surface area contributed by atoms with Crippen molar-refractivity contribution in [2.45, 2.75) is 33.2 Å². The van der Waals surface area contributed by atoms with E-state index in [4.69, 9.17) is 5.73 Å². The molecule has 5 nitrogen and oxygen atoms in total. The Bertz CT molecular complexity index is 788. The zero-order valence-electron chi connectivity index (χ0n) is 12.5. The summed E-state index contributed by atoms with van der Waals surface area (Å²) in [6.45, 7) is 7.15. The van der Waals surface area contributed by atoms with Crippen molar-refractivity contribution in [2.75, 3.05) is 5.73 Å². The molecule has 1 aromatic carbocycles. The summed E-state index contributed by atoms with van der Waals surface area (Å²) in [6, 6.07) is 6.14. The quantitative estimate of drug-likeness (QED) is 0.801. The topological polar surface area (TPSA) is 69.6 Å². The molecule has 3 aromatic rings. The summed E-state index contributed by atoms with van der Waals surface area (Å²) in [5.41, 5.74) is 10.1. The number of nitrogen functional groups attached to an aromatic ring is 1. The van der Waals surface area contributed by atoms with Gasteiger partial charge in [0.05, 0.1) is 17.8 Å². The molecule has 0 spiro atoms. The third kappa shape index (κ3) is 2.72. The van der Waals surface area contributed by atoms with E-state index < -0.39 is 0 Å². The van der Waals surface area contributed by atoms with Crippen molar-refractivity contribution in [1.82, 2.24) is 19.7 Å². The number of aromatic nitrogens is 4. The van der Waals surface area contributed by atoms with Gasteiger partial charge in [-0.25, -0.2) is 9.97 Å². The number of aryl methyl sites for hydroxylation is 1. The van der Waals surface area contributed by atoms with Crippen LogP contribution in [0.25, 0.3) is 10.9 Å². The van der Waals surface area contributed by atoms with Crippen LogP contribution in [0.4, 0.5) is 5.95 Å². The molecule has 21 heavy (non-hydrogen) atoms. The maximum absolute atomic E-state index is 5.64. The maximum Gasteiger partial charge on any atom is 0.220 e. The Labute approximate surface area is 123 Å². The minimum Gasteiger partial charge on any atom is -0.368 e. The average Bonchev–Trinajstić information content (AvgIpc) is 2.79. The first kappa shape index (κ1) is 13.5. The summed E-state index contributed by atoms with van der Waals surface area (Å²) >= 11 is 0. The Morgan fingerprint density at radius 1 is 1.29 bits per heavy atom. The van der Waals surface area contributed by atoms with E-state index in [1.807, 2.05) is 16.8 Å². The zero-order valence-corrected chi connectivity index (χ0v) is 12.5. The van der Waals surface area contributed by atoms with Gasteiger partial charge in [0.15, 0.2) is 0 Å². The van der Waals surface area contributed by atoms with Crippen LogP contribution in [0, 0.1) is 6.92 Å². The van der Waals surface area contributed by atoms with E-state index in [0.717, 1.165) is 28.7 Å². The third-order valence-corrected chi connectivity index (χ3v) is 3.62. The highest BCUT2D eigenvalue weighted by molar-refractivity contribution is 5.79. The Morgan fingerprint density at radius 2 is 2.10 bits per heavy atom. The Hall–Kier alpha value is -2.43. The van der Waals surface area contributed by atoms with Gasteiger partial charge < -0.3 is 5.73 Å². The Balaban J connectivity index is 1.92. The first-order valence-corrected chi connectivity index (χ1v) is 7.08. The number of hydrogen-bond donors (Lipinski definition) is 1. The van der Waals surface area contributed by atoms with E-state index in [2.05, 4.69) is 48.1 Å². The molecule has 2 aromatic heterocycles. The van der Waals surface area contributed by atoms with Crippen molar-refractivity contribution in [3.8, 4) is 0 Å². The number of rotatable bonds is 3. The molecule has 3 rings (SSSR count). The van der Waals surface area contributed by atoms with E-state index in [9.17, 15) is 0 Å². The molecule has 108 valence electrons. The van der Waals surface area contributed by atoms with Crippen molar-refractivity contribution >= 4 is 16.9 Å². The molecule has 0 atom stereocenters. The first-order chi connectivity index (χ1) is 10.0. The van der Waals surface area contributed by atoms with E-state index in [-0.39, 0.29) is 0 Å². The molecule has 2 heterocycles. The molecular weight excluding hydrogens is 262 g/mol. The van der Waals surface area contributed by atoms with Crippen molar-refractivity contribution < 1.29 is 0 Å². The van der Waals surface area contributed by atoms with Gasteiger partial charge >= 0.3 is 0 Å². The van der Waals surface area contributed by atoms with Gasteiger partial charge in [-0.05, 0) is 30.0 Å². The fourth-order valence-corrected chi connectivity index (χ4v) is 2.55. The standard InChI is InChI=1S/C16H19N5/c1-10(2)14-9-21(20-11(14)3)8-12-4-5-13-7-18-16(17)19-15(13)6-12/h4-7,9-10H,8H2,1-3H3,(H2,17,18,19). The molecule has 0 saturated heterocycles. The minimum atomic E-state index is 0.302. The van der Waals surface area contributed by atoms with Gasteiger partial charge in [-0.1, -0.05) is 26.0 Å². The van der Waals surface area contributed by atoms with E-state index in [1.54, 1.807) is 6.20 Å². The van der Waals surface area contributed by atoms with Gasteiger partial charge in [-0.15, -0.1) is 0 Å². The van der Waals surface area contributed by atoms with Gasteiger partial charge in [-0.2, -0.15) is 5.10 Å². The maximum atomic E-state index is 5.64. The lowest BCUT2D eigenvalue weighted by Crippen LogP contribution is -2.01. The molecule has 0 aliphatic carbocycles. The Morgan fingerprint density at radius 3 is 2.81 bits per heavy atom. The molecule has 0 amide bonds. The highest BCUT2D eigenvalue weighted by Gasteiger charge is 2.09. The number of nitrogens with zero attached hydrogens (tertiary/aromatic N) is 4. The molecule has 0 fully saturated rings. The third-order valence-electron chi connectivity index (χ3n) is 3.62. The van der Waals surface area contributed by atoms with Crippen LogP contribution < -0.4 is 5.73 Å². The van der Waals surface area contributed by atoms with Crippen molar-refractivity contribution in [2.24, 2.45) is 0 Å². The van der Waals surface area contributed by atoms with Gasteiger partial charge in [0.25, 0.3) is 0 Å². The highest BCUT2D eigenvalue weighted by atomic mass is 15.3. The molecule has 5 heteroatoms. The smallest absolute Gasteiger partial charge is 0.220 e. The summed E-state index contributed by atoms with van der Waals surface area (Å²) in [6.07, 6.45) is 3.87. The summed E-state index contributed by atoms with van der Waals surface area (Å²) < 4.78 is 1.98. The number of benzene rings is 1. The molecule has 0 bridgehead atoms. The molecule has 0 aliphatic heterocycles. The van der Waals surface area contributed by atoms with Gasteiger partial charge in [0.1, 0.15) is 0 Å². The largest absolute Gasteiger partial charge is 0.368 e. The number of nitrogens with two attached hydrogens (primary N) is 1. The van der Waals surface area contributed by atoms with Gasteiger partial charge in [-0.3, -0.25) is 4.68 Å². The van der Waals surface area contributed by atoms with Crippen LogP contribution in [0.2, 0.25) is 0 Å². The molecular formula is C16H19N5. The van der Waals surface area contributed by atoms with Crippen LogP contribution in [0.15, 0.2) is 30.6 Å². The number of fused-ring (bicyclic) bond motifs is 1. The molecule has 2 N–H and O–H groups in total. The minimum absolute atomic E-state index is 0.302. The summed E-state index contributed by atoms with van der Waals surface area (Å²) in [7, 11) is 0. The normalized spacial score (nSPS) is 11.4. The SMILES string of the molecule is Cc1nn(Cc2ccc3cnc(N)nc3c2)cc1C(C)C. The van der Waals surface area contributed by atoms with E-state index in [0.29, 0.717) is 11.9 Å². The van der Waals surface area contributed by atoms with E-state index in [1.165, 1.54) is 5.56 Å². The van der Waals surface area contributed by atoms with Gasteiger partial charge in [0, 0.05) is 17.8 Å². The van der Waals surface area contributed by atoms with Crippen LogP contribution in [-0.2, 0) is 6.54 Å². The monoisotopic (exact) mass is 281 g/mol. The summed E-state index contributed by atoms with van der Waals surface area (Å²) in [5, 5.41) is 5.58. The first-order valence-electron chi connectivity index (χ1n) is 7.08. The average molecular weight is 281 g/mol. The van der Waals surface area contributed by atoms with Crippen LogP contribution in [0.5, 0.6) is 0 Å². The molecule has 0 unspecified atom stereocenters. The molecule has 0 saturated carbocycles. The predicted octanol–water partition coefficient (Wildman–Crippen LogP) is 2.89. The summed E-state index contributed by atoms with van der Waals surface area (Å²) in [4.78, 5) is 8.27. The van der Waals surface area contributed by atoms with Crippen LogP contribution in [0.3, 0.4) is 0 Å². The fraction of sp³-hybridized carbons (Fsp3) is 0.312. The summed E-state index contributed by atoms with van der Waals surface area (Å²) in [5.74, 6) is 0.791. The predicted molar refractivity (Wildman–Crippen MR) is 84.1 cm³/mol. The van der Waals surface area contributed by atoms with Crippen LogP contribution in [-0.4, -0.2) is 19.7 Å². The molecule has 0 radical (unpaired) electrons. The highest BCUT2D eigenvalue weighted by Crippen LogP contribution is 2.19. The second-order valence-electron chi connectivity index (χ2n) is 5.64. The number of anilines is 1. The second-order valence-corrected chi connectivity index (χ2v) is 5.64. The lowest BCUT2D eigenvalue weighted by Gasteiger charge is -2.04. The Kier molecular flexibility index (Phi) is 3.33. The lowest BCUT2D eigenvalue weighted by molar-refractivity contribution is 0.679. The van der Waals surface area contributed by atoms with E-state index >= 15 is 0 Å². The second kappa shape index (κ2) is 5.16.